The van der Waals surface area contributed by atoms with Crippen molar-refractivity contribution in [2.75, 3.05) is 40.9 Å². The van der Waals surface area contributed by atoms with E-state index in [0.717, 1.165) is 51.4 Å². The number of amides is 1. The van der Waals surface area contributed by atoms with Gasteiger partial charge in [0.2, 0.25) is 5.91 Å². The van der Waals surface area contributed by atoms with Crippen LogP contribution in [0.15, 0.2) is 48.6 Å². The molecule has 0 saturated carbocycles. The molecule has 0 aromatic carbocycles. The maximum atomic E-state index is 12.9. The highest BCUT2D eigenvalue weighted by Gasteiger charge is 2.27. The second-order valence-corrected chi connectivity index (χ2v) is 20.7. The SMILES string of the molecule is CCC/C=C/CC/C=C/CC/C=C/C(O)C(COP(=O)(O)OCC[N+](C)(C)C)NC(=O)CCCCCCCCCCCCCCCC/C=C\CCCCCCCCCCCCCC. The van der Waals surface area contributed by atoms with E-state index in [2.05, 4.69) is 55.6 Å². The Balaban J connectivity index is 4.06. The summed E-state index contributed by atoms with van der Waals surface area (Å²) in [6, 6.07) is -0.868. The highest BCUT2D eigenvalue weighted by Crippen LogP contribution is 2.43. The number of nitrogens with zero attached hydrogens (tertiary/aromatic N) is 1. The number of allylic oxidation sites excluding steroid dienone is 7. The van der Waals surface area contributed by atoms with Crippen LogP contribution in [0.1, 0.15) is 239 Å². The van der Waals surface area contributed by atoms with Crippen molar-refractivity contribution in [1.82, 2.24) is 5.32 Å². The molecule has 3 atom stereocenters. The molecule has 0 saturated heterocycles. The molecule has 9 heteroatoms. The Morgan fingerprint density at radius 1 is 0.524 bits per heavy atom. The van der Waals surface area contributed by atoms with Gasteiger partial charge in [-0.2, -0.15) is 0 Å². The third-order valence-electron chi connectivity index (χ3n) is 11.7. The first-order valence-corrected chi connectivity index (χ1v) is 28.0. The Bertz CT molecular complexity index is 1170. The quantitative estimate of drug-likeness (QED) is 0.0243. The van der Waals surface area contributed by atoms with Gasteiger partial charge in [-0.3, -0.25) is 13.8 Å². The summed E-state index contributed by atoms with van der Waals surface area (Å²) < 4.78 is 23.5. The number of phosphoric acid groups is 1. The van der Waals surface area contributed by atoms with Gasteiger partial charge in [0.25, 0.3) is 0 Å². The zero-order valence-corrected chi connectivity index (χ0v) is 43.0. The van der Waals surface area contributed by atoms with Gasteiger partial charge in [-0.25, -0.2) is 4.57 Å². The van der Waals surface area contributed by atoms with Gasteiger partial charge in [0, 0.05) is 6.42 Å². The van der Waals surface area contributed by atoms with E-state index < -0.39 is 20.0 Å². The summed E-state index contributed by atoms with van der Waals surface area (Å²) in [6.45, 7) is 4.72. The van der Waals surface area contributed by atoms with Gasteiger partial charge in [-0.05, 0) is 64.2 Å². The summed E-state index contributed by atoms with van der Waals surface area (Å²) in [5, 5.41) is 13.8. The van der Waals surface area contributed by atoms with Crippen molar-refractivity contribution in [3.05, 3.63) is 48.6 Å². The molecule has 0 aliphatic rings. The van der Waals surface area contributed by atoms with Crippen molar-refractivity contribution in [3.8, 4) is 0 Å². The number of aliphatic hydroxyl groups is 1. The number of hydrogen-bond donors (Lipinski definition) is 3. The van der Waals surface area contributed by atoms with Crippen molar-refractivity contribution in [2.24, 2.45) is 0 Å². The van der Waals surface area contributed by atoms with Crippen LogP contribution in [-0.2, 0) is 18.4 Å². The smallest absolute Gasteiger partial charge is 0.387 e. The van der Waals surface area contributed by atoms with E-state index in [9.17, 15) is 19.4 Å². The second-order valence-electron chi connectivity index (χ2n) is 19.2. The monoisotopic (exact) mass is 908 g/mol. The van der Waals surface area contributed by atoms with Crippen LogP contribution in [0.5, 0.6) is 0 Å². The first kappa shape index (κ1) is 61.5. The van der Waals surface area contributed by atoms with Gasteiger partial charge in [0.15, 0.2) is 0 Å². The lowest BCUT2D eigenvalue weighted by Crippen LogP contribution is -2.45. The molecule has 370 valence electrons. The largest absolute Gasteiger partial charge is 0.472 e. The number of aliphatic hydroxyl groups excluding tert-OH is 1. The van der Waals surface area contributed by atoms with Crippen LogP contribution in [0.25, 0.3) is 0 Å². The molecule has 0 aromatic rings. The van der Waals surface area contributed by atoms with Crippen LogP contribution in [0, 0.1) is 0 Å². The molecule has 0 heterocycles. The lowest BCUT2D eigenvalue weighted by Gasteiger charge is -2.25. The van der Waals surface area contributed by atoms with Crippen molar-refractivity contribution >= 4 is 13.7 Å². The van der Waals surface area contributed by atoms with E-state index in [0.29, 0.717) is 17.4 Å². The molecule has 0 bridgehead atoms. The third-order valence-corrected chi connectivity index (χ3v) is 12.7. The minimum atomic E-state index is -4.35. The van der Waals surface area contributed by atoms with Crippen LogP contribution < -0.4 is 5.32 Å². The first-order valence-electron chi connectivity index (χ1n) is 26.5. The van der Waals surface area contributed by atoms with E-state index in [1.807, 2.05) is 27.2 Å². The van der Waals surface area contributed by atoms with Crippen molar-refractivity contribution in [1.29, 1.82) is 0 Å². The number of carbonyl (C=O) groups is 1. The predicted molar refractivity (Wildman–Crippen MR) is 272 cm³/mol. The molecular formula is C54H104N2O6P+. The summed E-state index contributed by atoms with van der Waals surface area (Å²) in [5.41, 5.74) is 0. The summed E-state index contributed by atoms with van der Waals surface area (Å²) in [4.78, 5) is 23.2. The number of quaternary nitrogens is 1. The molecule has 0 aliphatic carbocycles. The molecule has 0 aromatic heterocycles. The first-order chi connectivity index (χ1) is 30.5. The molecular weight excluding hydrogens is 804 g/mol. The number of phosphoric ester groups is 1. The molecule has 0 aliphatic heterocycles. The zero-order valence-electron chi connectivity index (χ0n) is 42.1. The third kappa shape index (κ3) is 48.2. The summed E-state index contributed by atoms with van der Waals surface area (Å²) in [6.07, 6.45) is 59.4. The summed E-state index contributed by atoms with van der Waals surface area (Å²) in [7, 11) is 1.55. The summed E-state index contributed by atoms with van der Waals surface area (Å²) >= 11 is 0. The number of hydrogen-bond acceptors (Lipinski definition) is 5. The zero-order chi connectivity index (χ0) is 46.4. The predicted octanol–water partition coefficient (Wildman–Crippen LogP) is 15.6. The Kier molecular flexibility index (Phi) is 44.5. The fraction of sp³-hybridized carbons (Fsp3) is 0.833. The van der Waals surface area contributed by atoms with Gasteiger partial charge in [-0.1, -0.05) is 217 Å². The topological polar surface area (TPSA) is 105 Å². The highest BCUT2D eigenvalue weighted by molar-refractivity contribution is 7.47. The average Bonchev–Trinajstić information content (AvgIpc) is 3.24. The fourth-order valence-electron chi connectivity index (χ4n) is 7.55. The van der Waals surface area contributed by atoms with Crippen molar-refractivity contribution in [3.63, 3.8) is 0 Å². The molecule has 0 radical (unpaired) electrons. The number of unbranched alkanes of at least 4 members (excludes halogenated alkanes) is 29. The highest BCUT2D eigenvalue weighted by atomic mass is 31.2. The Morgan fingerprint density at radius 3 is 1.33 bits per heavy atom. The Morgan fingerprint density at radius 2 is 0.905 bits per heavy atom. The molecule has 63 heavy (non-hydrogen) atoms. The van der Waals surface area contributed by atoms with Crippen LogP contribution in [0.3, 0.4) is 0 Å². The number of carbonyl (C=O) groups excluding carboxylic acids is 1. The van der Waals surface area contributed by atoms with E-state index in [4.69, 9.17) is 9.05 Å². The van der Waals surface area contributed by atoms with Crippen LogP contribution >= 0.6 is 7.82 Å². The van der Waals surface area contributed by atoms with E-state index in [-0.39, 0.29) is 19.1 Å². The maximum Gasteiger partial charge on any atom is 0.472 e. The van der Waals surface area contributed by atoms with Gasteiger partial charge < -0.3 is 19.8 Å². The van der Waals surface area contributed by atoms with E-state index in [1.165, 1.54) is 167 Å². The normalized spacial score (nSPS) is 14.5. The average molecular weight is 908 g/mol. The lowest BCUT2D eigenvalue weighted by molar-refractivity contribution is -0.870. The van der Waals surface area contributed by atoms with Crippen LogP contribution in [0.2, 0.25) is 0 Å². The second kappa shape index (κ2) is 45.6. The molecule has 0 fully saturated rings. The maximum absolute atomic E-state index is 12.9. The lowest BCUT2D eigenvalue weighted by atomic mass is 10.0. The minimum Gasteiger partial charge on any atom is -0.387 e. The van der Waals surface area contributed by atoms with Crippen molar-refractivity contribution in [2.45, 2.75) is 251 Å². The minimum absolute atomic E-state index is 0.0530. The Labute approximate surface area is 390 Å². The summed E-state index contributed by atoms with van der Waals surface area (Å²) in [5.74, 6) is -0.192. The van der Waals surface area contributed by atoms with Gasteiger partial charge >= 0.3 is 7.82 Å². The Hall–Kier alpha value is -1.54. The van der Waals surface area contributed by atoms with Crippen molar-refractivity contribution < 1.29 is 32.9 Å². The standard InChI is InChI=1S/C54H103N2O6P/c1-6-8-10-12-14-16-18-19-20-21-22-23-24-25-26-27-28-29-30-31-32-33-34-35-36-38-40-42-44-46-48-54(58)55-52(51-62-63(59,60)61-50-49-56(3,4)5)53(57)47-45-43-41-39-37-17-15-13-11-9-7-2/h11,13,25-26,37,39,45,47,52-53,57H,6-10,12,14-24,27-36,38,40-44,46,48-51H2,1-5H3,(H-,55,58,59,60)/p+1/b13-11+,26-25-,39-37+,47-45+. The van der Waals surface area contributed by atoms with Crippen LogP contribution in [0.4, 0.5) is 0 Å². The molecule has 8 nitrogen and oxygen atoms in total. The number of nitrogens with one attached hydrogen (secondary N) is 1. The van der Waals surface area contributed by atoms with Crippen LogP contribution in [-0.4, -0.2) is 73.4 Å². The molecule has 0 spiro atoms. The molecule has 1 amide bonds. The number of rotatable bonds is 48. The van der Waals surface area contributed by atoms with Gasteiger partial charge in [-0.15, -0.1) is 0 Å². The fourth-order valence-corrected chi connectivity index (χ4v) is 8.28. The van der Waals surface area contributed by atoms with Gasteiger partial charge in [0.1, 0.15) is 13.2 Å². The van der Waals surface area contributed by atoms with E-state index >= 15 is 0 Å². The molecule has 3 N–H and O–H groups in total. The van der Waals surface area contributed by atoms with E-state index in [1.54, 1.807) is 6.08 Å². The van der Waals surface area contributed by atoms with Gasteiger partial charge in [0.05, 0.1) is 39.9 Å². The molecule has 0 rings (SSSR count). The number of likely N-dealkylation sites (N-methyl/N-ethyl adjacent to an activating group) is 1. The molecule has 3 unspecified atom stereocenters.